The molecule has 0 fully saturated rings. The minimum Gasteiger partial charge on any atom is -0.349 e. The van der Waals surface area contributed by atoms with Crippen LogP contribution in [0.5, 0.6) is 0 Å². The smallest absolute Gasteiger partial charge is 0.274 e. The SMILES string of the molecule is C[C@H](NC(=O)Cc1nn(C)c(=O)c2ccccc12)c1ccccc1. The Kier molecular flexibility index (Phi) is 4.42. The molecule has 1 amide bonds. The Labute approximate surface area is 139 Å². The van der Waals surface area contributed by atoms with Crippen LogP contribution < -0.4 is 10.9 Å². The molecule has 0 aliphatic rings. The summed E-state index contributed by atoms with van der Waals surface area (Å²) in [5.41, 5.74) is 1.49. The molecule has 1 aromatic heterocycles. The molecule has 3 aromatic rings. The molecule has 0 spiro atoms. The van der Waals surface area contributed by atoms with Gasteiger partial charge in [0.25, 0.3) is 5.56 Å². The summed E-state index contributed by atoms with van der Waals surface area (Å²) in [7, 11) is 1.60. The van der Waals surface area contributed by atoms with E-state index in [1.807, 2.05) is 55.5 Å². The highest BCUT2D eigenvalue weighted by molar-refractivity contribution is 5.88. The highest BCUT2D eigenvalue weighted by Crippen LogP contribution is 2.15. The minimum atomic E-state index is -0.160. The monoisotopic (exact) mass is 321 g/mol. The normalized spacial score (nSPS) is 12.1. The van der Waals surface area contributed by atoms with Gasteiger partial charge in [-0.15, -0.1) is 0 Å². The first-order chi connectivity index (χ1) is 11.6. The summed E-state index contributed by atoms with van der Waals surface area (Å²) in [6, 6.07) is 16.9. The Morgan fingerprint density at radius 1 is 1.08 bits per heavy atom. The van der Waals surface area contributed by atoms with E-state index in [4.69, 9.17) is 0 Å². The van der Waals surface area contributed by atoms with Gasteiger partial charge in [-0.1, -0.05) is 48.5 Å². The maximum absolute atomic E-state index is 12.4. The lowest BCUT2D eigenvalue weighted by molar-refractivity contribution is -0.121. The van der Waals surface area contributed by atoms with Gasteiger partial charge < -0.3 is 5.32 Å². The number of nitrogens with one attached hydrogen (secondary N) is 1. The van der Waals surface area contributed by atoms with Gasteiger partial charge in [-0.25, -0.2) is 4.68 Å². The maximum atomic E-state index is 12.4. The van der Waals surface area contributed by atoms with Crippen molar-refractivity contribution in [2.45, 2.75) is 19.4 Å². The zero-order valence-electron chi connectivity index (χ0n) is 13.7. The number of benzene rings is 2. The van der Waals surface area contributed by atoms with Crippen LogP contribution in [0.25, 0.3) is 10.8 Å². The molecule has 1 N–H and O–H groups in total. The molecule has 24 heavy (non-hydrogen) atoms. The van der Waals surface area contributed by atoms with Crippen LogP contribution in [0.2, 0.25) is 0 Å². The van der Waals surface area contributed by atoms with E-state index in [0.29, 0.717) is 11.1 Å². The first-order valence-electron chi connectivity index (χ1n) is 7.85. The lowest BCUT2D eigenvalue weighted by atomic mass is 10.1. The van der Waals surface area contributed by atoms with Crippen molar-refractivity contribution in [3.63, 3.8) is 0 Å². The highest BCUT2D eigenvalue weighted by atomic mass is 16.1. The van der Waals surface area contributed by atoms with E-state index < -0.39 is 0 Å². The molecule has 1 heterocycles. The Hall–Kier alpha value is -2.95. The molecule has 0 unspecified atom stereocenters. The number of rotatable bonds is 4. The van der Waals surface area contributed by atoms with E-state index in [0.717, 1.165) is 10.9 Å². The predicted molar refractivity (Wildman–Crippen MR) is 93.7 cm³/mol. The van der Waals surface area contributed by atoms with Crippen LogP contribution in [0.4, 0.5) is 0 Å². The fourth-order valence-corrected chi connectivity index (χ4v) is 2.78. The predicted octanol–water partition coefficient (Wildman–Crippen LogP) is 2.35. The number of aromatic nitrogens is 2. The number of fused-ring (bicyclic) bond motifs is 1. The van der Waals surface area contributed by atoms with E-state index in [-0.39, 0.29) is 23.9 Å². The summed E-state index contributed by atoms with van der Waals surface area (Å²) in [6.07, 6.45) is 0.131. The van der Waals surface area contributed by atoms with Crippen molar-refractivity contribution in [1.29, 1.82) is 0 Å². The van der Waals surface area contributed by atoms with Crippen LogP contribution >= 0.6 is 0 Å². The van der Waals surface area contributed by atoms with Crippen LogP contribution in [0.15, 0.2) is 59.4 Å². The molecule has 5 heteroatoms. The summed E-state index contributed by atoms with van der Waals surface area (Å²) in [6.45, 7) is 1.94. The quantitative estimate of drug-likeness (QED) is 0.802. The van der Waals surface area contributed by atoms with Gasteiger partial charge in [0.2, 0.25) is 5.91 Å². The van der Waals surface area contributed by atoms with Crippen LogP contribution in [-0.4, -0.2) is 15.7 Å². The standard InChI is InChI=1S/C19H19N3O2/c1-13(14-8-4-3-5-9-14)20-18(23)12-17-15-10-6-7-11-16(15)19(24)22(2)21-17/h3-11,13H,12H2,1-2H3,(H,20,23)/t13-/m0/s1. The van der Waals surface area contributed by atoms with Crippen molar-refractivity contribution in [3.8, 4) is 0 Å². The molecule has 0 radical (unpaired) electrons. The number of hydrogen-bond acceptors (Lipinski definition) is 3. The highest BCUT2D eigenvalue weighted by Gasteiger charge is 2.14. The van der Waals surface area contributed by atoms with E-state index in [1.54, 1.807) is 13.1 Å². The molecule has 0 aliphatic carbocycles. The van der Waals surface area contributed by atoms with E-state index in [1.165, 1.54) is 4.68 Å². The molecular formula is C19H19N3O2. The third-order valence-corrected chi connectivity index (χ3v) is 4.04. The third-order valence-electron chi connectivity index (χ3n) is 4.04. The maximum Gasteiger partial charge on any atom is 0.274 e. The number of nitrogens with zero attached hydrogens (tertiary/aromatic N) is 2. The first-order valence-corrected chi connectivity index (χ1v) is 7.85. The molecule has 3 rings (SSSR count). The van der Waals surface area contributed by atoms with Gasteiger partial charge in [-0.05, 0) is 18.6 Å². The van der Waals surface area contributed by atoms with Crippen molar-refractivity contribution < 1.29 is 4.79 Å². The Morgan fingerprint density at radius 3 is 2.42 bits per heavy atom. The van der Waals surface area contributed by atoms with Crippen LogP contribution in [0, 0.1) is 0 Å². The van der Waals surface area contributed by atoms with E-state index in [2.05, 4.69) is 10.4 Å². The number of carbonyl (C=O) groups is 1. The summed E-state index contributed by atoms with van der Waals surface area (Å²) in [5.74, 6) is -0.123. The second-order valence-corrected chi connectivity index (χ2v) is 5.80. The van der Waals surface area contributed by atoms with Gasteiger partial charge in [0, 0.05) is 12.4 Å². The fourth-order valence-electron chi connectivity index (χ4n) is 2.78. The zero-order chi connectivity index (χ0) is 17.1. The zero-order valence-corrected chi connectivity index (χ0v) is 13.7. The van der Waals surface area contributed by atoms with Crippen LogP contribution in [0.3, 0.4) is 0 Å². The topological polar surface area (TPSA) is 64.0 Å². The molecule has 0 bridgehead atoms. The Balaban J connectivity index is 1.84. The van der Waals surface area contributed by atoms with Crippen LogP contribution in [-0.2, 0) is 18.3 Å². The summed E-state index contributed by atoms with van der Waals surface area (Å²) in [4.78, 5) is 24.5. The minimum absolute atomic E-state index is 0.0857. The molecule has 2 aromatic carbocycles. The number of carbonyl (C=O) groups excluding carboxylic acids is 1. The second kappa shape index (κ2) is 6.66. The van der Waals surface area contributed by atoms with Crippen molar-refractivity contribution in [1.82, 2.24) is 15.1 Å². The van der Waals surface area contributed by atoms with Crippen LogP contribution in [0.1, 0.15) is 24.2 Å². The molecule has 122 valence electrons. The van der Waals surface area contributed by atoms with Crippen molar-refractivity contribution in [2.24, 2.45) is 7.05 Å². The van der Waals surface area contributed by atoms with Gasteiger partial charge in [0.05, 0.1) is 23.5 Å². The lowest BCUT2D eigenvalue weighted by Crippen LogP contribution is -2.30. The first kappa shape index (κ1) is 15.9. The van der Waals surface area contributed by atoms with Gasteiger partial charge in [-0.2, -0.15) is 5.10 Å². The summed E-state index contributed by atoms with van der Waals surface area (Å²) < 4.78 is 1.28. The van der Waals surface area contributed by atoms with E-state index in [9.17, 15) is 9.59 Å². The summed E-state index contributed by atoms with van der Waals surface area (Å²) >= 11 is 0. The molecule has 0 aliphatic heterocycles. The van der Waals surface area contributed by atoms with Crippen molar-refractivity contribution in [2.75, 3.05) is 0 Å². The molecule has 0 saturated carbocycles. The summed E-state index contributed by atoms with van der Waals surface area (Å²) in [5, 5.41) is 8.54. The molecule has 5 nitrogen and oxygen atoms in total. The number of hydrogen-bond donors (Lipinski definition) is 1. The number of aryl methyl sites for hydroxylation is 1. The van der Waals surface area contributed by atoms with Gasteiger partial charge >= 0.3 is 0 Å². The third kappa shape index (κ3) is 3.20. The van der Waals surface area contributed by atoms with Crippen molar-refractivity contribution in [3.05, 3.63) is 76.2 Å². The molecular weight excluding hydrogens is 302 g/mol. The molecule has 0 saturated heterocycles. The fraction of sp³-hybridized carbons (Fsp3) is 0.211. The Bertz CT molecular complexity index is 932. The van der Waals surface area contributed by atoms with Crippen molar-refractivity contribution >= 4 is 16.7 Å². The van der Waals surface area contributed by atoms with Gasteiger partial charge in [0.1, 0.15) is 0 Å². The number of amides is 1. The Morgan fingerprint density at radius 2 is 1.71 bits per heavy atom. The molecule has 1 atom stereocenters. The van der Waals surface area contributed by atoms with Gasteiger partial charge in [0.15, 0.2) is 0 Å². The lowest BCUT2D eigenvalue weighted by Gasteiger charge is -2.15. The van der Waals surface area contributed by atoms with E-state index >= 15 is 0 Å². The largest absolute Gasteiger partial charge is 0.349 e. The second-order valence-electron chi connectivity index (χ2n) is 5.80. The van der Waals surface area contributed by atoms with Gasteiger partial charge in [-0.3, -0.25) is 9.59 Å². The average Bonchev–Trinajstić information content (AvgIpc) is 2.60. The average molecular weight is 321 g/mol.